The molecule has 0 amide bonds. The molecule has 0 saturated carbocycles. The number of hydrogen-bond acceptors (Lipinski definition) is 2. The summed E-state index contributed by atoms with van der Waals surface area (Å²) in [5, 5.41) is 0.553. The third-order valence-electron chi connectivity index (χ3n) is 3.34. The van der Waals surface area contributed by atoms with Gasteiger partial charge in [-0.3, -0.25) is 0 Å². The van der Waals surface area contributed by atoms with E-state index in [4.69, 9.17) is 0 Å². The van der Waals surface area contributed by atoms with Gasteiger partial charge < -0.3 is 4.90 Å². The number of fused-ring (bicyclic) bond motifs is 2. The first-order valence-electron chi connectivity index (χ1n) is 6.16. The zero-order valence-electron chi connectivity index (χ0n) is 10.2. The topological polar surface area (TPSA) is 3.24 Å². The van der Waals surface area contributed by atoms with Crippen LogP contribution >= 0.6 is 11.8 Å². The lowest BCUT2D eigenvalue weighted by atomic mass is 10.0. The molecule has 0 radical (unpaired) electrons. The van der Waals surface area contributed by atoms with E-state index in [2.05, 4.69) is 67.3 Å². The maximum absolute atomic E-state index is 2.54. The van der Waals surface area contributed by atoms with Gasteiger partial charge in [-0.15, -0.1) is 11.8 Å². The van der Waals surface area contributed by atoms with E-state index < -0.39 is 0 Å². The van der Waals surface area contributed by atoms with Crippen molar-refractivity contribution in [1.29, 1.82) is 0 Å². The first-order valence-corrected chi connectivity index (χ1v) is 7.04. The van der Waals surface area contributed by atoms with Crippen LogP contribution in [-0.2, 0) is 0 Å². The third-order valence-corrected chi connectivity index (χ3v) is 4.65. The summed E-state index contributed by atoms with van der Waals surface area (Å²) in [5.41, 5.74) is 1.38. The third kappa shape index (κ3) is 1.81. The molecule has 1 aromatic rings. The molecule has 1 heterocycles. The molecule has 2 atom stereocenters. The SMILES string of the molecule is CC(C)N1c2ccccc2SC2C=CC=CC21. The van der Waals surface area contributed by atoms with E-state index in [9.17, 15) is 0 Å². The number of thioether (sulfide) groups is 1. The molecular formula is C15H17NS. The Morgan fingerprint density at radius 2 is 1.88 bits per heavy atom. The van der Waals surface area contributed by atoms with Gasteiger partial charge in [0.2, 0.25) is 0 Å². The van der Waals surface area contributed by atoms with E-state index in [0.29, 0.717) is 17.3 Å². The Morgan fingerprint density at radius 1 is 1.12 bits per heavy atom. The molecule has 1 nitrogen and oxygen atoms in total. The number of allylic oxidation sites excluding steroid dienone is 2. The lowest BCUT2D eigenvalue weighted by molar-refractivity contribution is 0.606. The van der Waals surface area contributed by atoms with Gasteiger partial charge in [0.15, 0.2) is 0 Å². The quantitative estimate of drug-likeness (QED) is 0.736. The van der Waals surface area contributed by atoms with Crippen molar-refractivity contribution in [3.8, 4) is 0 Å². The number of nitrogens with zero attached hydrogens (tertiary/aromatic N) is 1. The zero-order chi connectivity index (χ0) is 11.8. The van der Waals surface area contributed by atoms with Gasteiger partial charge in [0, 0.05) is 10.9 Å². The molecule has 0 N–H and O–H groups in total. The lowest BCUT2D eigenvalue weighted by Gasteiger charge is -2.44. The van der Waals surface area contributed by atoms with Crippen molar-refractivity contribution < 1.29 is 0 Å². The van der Waals surface area contributed by atoms with Crippen molar-refractivity contribution in [3.63, 3.8) is 0 Å². The molecule has 2 aliphatic rings. The summed E-state index contributed by atoms with van der Waals surface area (Å²) in [5.74, 6) is 0. The van der Waals surface area contributed by atoms with Crippen LogP contribution in [0, 0.1) is 0 Å². The Labute approximate surface area is 107 Å². The molecule has 1 aliphatic carbocycles. The Balaban J connectivity index is 2.09. The maximum atomic E-state index is 2.54. The highest BCUT2D eigenvalue weighted by molar-refractivity contribution is 8.00. The van der Waals surface area contributed by atoms with Crippen molar-refractivity contribution >= 4 is 17.4 Å². The van der Waals surface area contributed by atoms with Crippen LogP contribution < -0.4 is 4.90 Å². The van der Waals surface area contributed by atoms with Crippen molar-refractivity contribution in [1.82, 2.24) is 0 Å². The van der Waals surface area contributed by atoms with Gasteiger partial charge in [0.1, 0.15) is 0 Å². The van der Waals surface area contributed by atoms with Gasteiger partial charge in [-0.25, -0.2) is 0 Å². The number of anilines is 1. The van der Waals surface area contributed by atoms with Crippen molar-refractivity contribution in [2.45, 2.75) is 36.1 Å². The average molecular weight is 243 g/mol. The molecule has 1 aliphatic heterocycles. The molecule has 0 bridgehead atoms. The Kier molecular flexibility index (Phi) is 2.75. The summed E-state index contributed by atoms with van der Waals surface area (Å²) >= 11 is 1.98. The maximum Gasteiger partial charge on any atom is 0.0636 e. The molecular weight excluding hydrogens is 226 g/mol. The molecule has 0 spiro atoms. The molecule has 88 valence electrons. The van der Waals surface area contributed by atoms with Crippen LogP contribution in [0.1, 0.15) is 13.8 Å². The zero-order valence-corrected chi connectivity index (χ0v) is 11.0. The standard InChI is InChI=1S/C15H17NS/c1-11(2)16-12-7-3-5-9-14(12)17-15-10-6-4-8-13(15)16/h3-12,14H,1-2H3. The van der Waals surface area contributed by atoms with E-state index in [0.717, 1.165) is 0 Å². The first-order chi connectivity index (χ1) is 8.27. The van der Waals surface area contributed by atoms with Crippen LogP contribution in [0.3, 0.4) is 0 Å². The minimum atomic E-state index is 0.500. The fourth-order valence-electron chi connectivity index (χ4n) is 2.63. The molecule has 0 aromatic heterocycles. The molecule has 2 unspecified atom stereocenters. The van der Waals surface area contributed by atoms with Gasteiger partial charge in [0.05, 0.1) is 17.0 Å². The molecule has 3 rings (SSSR count). The second-order valence-electron chi connectivity index (χ2n) is 4.81. The van der Waals surface area contributed by atoms with Gasteiger partial charge in [0.25, 0.3) is 0 Å². The molecule has 17 heavy (non-hydrogen) atoms. The summed E-state index contributed by atoms with van der Waals surface area (Å²) in [7, 11) is 0. The second-order valence-corrected chi connectivity index (χ2v) is 6.03. The van der Waals surface area contributed by atoms with Crippen LogP contribution in [-0.4, -0.2) is 17.3 Å². The van der Waals surface area contributed by atoms with Crippen molar-refractivity contribution in [3.05, 3.63) is 48.6 Å². The Bertz CT molecular complexity index is 476. The normalized spacial score (nSPS) is 25.9. The van der Waals surface area contributed by atoms with Crippen LogP contribution in [0.2, 0.25) is 0 Å². The largest absolute Gasteiger partial charge is 0.360 e. The average Bonchev–Trinajstić information content (AvgIpc) is 2.35. The fourth-order valence-corrected chi connectivity index (χ4v) is 3.91. The van der Waals surface area contributed by atoms with Crippen LogP contribution in [0.25, 0.3) is 0 Å². The van der Waals surface area contributed by atoms with E-state index in [1.54, 1.807) is 0 Å². The van der Waals surface area contributed by atoms with E-state index >= 15 is 0 Å². The molecule has 0 saturated heterocycles. The minimum Gasteiger partial charge on any atom is -0.360 e. The highest BCUT2D eigenvalue weighted by atomic mass is 32.2. The van der Waals surface area contributed by atoms with Crippen LogP contribution in [0.4, 0.5) is 5.69 Å². The van der Waals surface area contributed by atoms with E-state index in [1.165, 1.54) is 10.6 Å². The number of para-hydroxylation sites is 1. The highest BCUT2D eigenvalue weighted by Gasteiger charge is 2.33. The predicted molar refractivity (Wildman–Crippen MR) is 75.8 cm³/mol. The van der Waals surface area contributed by atoms with E-state index in [1.807, 2.05) is 11.8 Å². The fraction of sp³-hybridized carbons (Fsp3) is 0.333. The molecule has 2 heteroatoms. The van der Waals surface area contributed by atoms with Gasteiger partial charge in [-0.1, -0.05) is 36.4 Å². The number of rotatable bonds is 1. The first kappa shape index (κ1) is 11.0. The second kappa shape index (κ2) is 4.26. The highest BCUT2D eigenvalue weighted by Crippen LogP contribution is 2.44. The smallest absolute Gasteiger partial charge is 0.0636 e. The summed E-state index contributed by atoms with van der Waals surface area (Å²) in [6, 6.07) is 9.77. The van der Waals surface area contributed by atoms with E-state index in [-0.39, 0.29) is 0 Å². The van der Waals surface area contributed by atoms with Crippen molar-refractivity contribution in [2.24, 2.45) is 0 Å². The van der Waals surface area contributed by atoms with Gasteiger partial charge in [-0.05, 0) is 26.0 Å². The minimum absolute atomic E-state index is 0.500. The predicted octanol–water partition coefficient (Wildman–Crippen LogP) is 3.87. The van der Waals surface area contributed by atoms with Crippen molar-refractivity contribution in [2.75, 3.05) is 4.90 Å². The van der Waals surface area contributed by atoms with Crippen LogP contribution in [0.15, 0.2) is 53.5 Å². The summed E-state index contributed by atoms with van der Waals surface area (Å²) < 4.78 is 0. The van der Waals surface area contributed by atoms with Gasteiger partial charge in [-0.2, -0.15) is 0 Å². The Morgan fingerprint density at radius 3 is 2.71 bits per heavy atom. The summed E-state index contributed by atoms with van der Waals surface area (Å²) in [6.07, 6.45) is 8.99. The number of hydrogen-bond donors (Lipinski definition) is 0. The summed E-state index contributed by atoms with van der Waals surface area (Å²) in [6.45, 7) is 4.55. The number of benzene rings is 1. The van der Waals surface area contributed by atoms with Crippen LogP contribution in [0.5, 0.6) is 0 Å². The lowest BCUT2D eigenvalue weighted by Crippen LogP contribution is -2.47. The summed E-state index contributed by atoms with van der Waals surface area (Å²) in [4.78, 5) is 3.94. The Hall–Kier alpha value is -1.15. The monoisotopic (exact) mass is 243 g/mol. The molecule has 0 fully saturated rings. The van der Waals surface area contributed by atoms with Gasteiger partial charge >= 0.3 is 0 Å². The molecule has 1 aromatic carbocycles.